The summed E-state index contributed by atoms with van der Waals surface area (Å²) in [4.78, 5) is 12.7. The minimum atomic E-state index is -0.104. The molecule has 3 N–H and O–H groups in total. The highest BCUT2D eigenvalue weighted by Gasteiger charge is 2.06. The number of hydrogen-bond donors (Lipinski definition) is 2. The molecule has 0 saturated heterocycles. The molecule has 0 bridgehead atoms. The fourth-order valence-corrected chi connectivity index (χ4v) is 2.77. The minimum absolute atomic E-state index is 0.104. The van der Waals surface area contributed by atoms with Crippen LogP contribution in [0.5, 0.6) is 0 Å². The molecule has 0 radical (unpaired) electrons. The van der Waals surface area contributed by atoms with E-state index < -0.39 is 0 Å². The van der Waals surface area contributed by atoms with Crippen LogP contribution in [0.15, 0.2) is 22.1 Å². The minimum Gasteiger partial charge on any atom is -0.350 e. The van der Waals surface area contributed by atoms with Crippen LogP contribution >= 0.6 is 27.3 Å². The number of hydrogen-bond acceptors (Lipinski definition) is 5. The van der Waals surface area contributed by atoms with Crippen molar-refractivity contribution >= 4 is 33.2 Å². The van der Waals surface area contributed by atoms with Gasteiger partial charge >= 0.3 is 0 Å². The van der Waals surface area contributed by atoms with Crippen LogP contribution < -0.4 is 11.1 Å². The molecule has 1 amide bonds. The number of halogens is 1. The van der Waals surface area contributed by atoms with Crippen molar-refractivity contribution in [1.29, 1.82) is 0 Å². The number of rotatable bonds is 5. The van der Waals surface area contributed by atoms with Gasteiger partial charge in [0.2, 0.25) is 5.91 Å². The predicted octanol–water partition coefficient (Wildman–Crippen LogP) is 0.877. The summed E-state index contributed by atoms with van der Waals surface area (Å²) in [6, 6.07) is 3.92. The molecule has 0 aliphatic carbocycles. The van der Waals surface area contributed by atoms with Crippen LogP contribution in [0.4, 0.5) is 0 Å². The fourth-order valence-electron chi connectivity index (χ4n) is 1.34. The molecule has 0 fully saturated rings. The zero-order valence-corrected chi connectivity index (χ0v) is 11.9. The molecule has 2 aromatic heterocycles. The van der Waals surface area contributed by atoms with Gasteiger partial charge in [0.15, 0.2) is 0 Å². The summed E-state index contributed by atoms with van der Waals surface area (Å²) < 4.78 is 2.53. The highest BCUT2D eigenvalue weighted by molar-refractivity contribution is 9.11. The van der Waals surface area contributed by atoms with Gasteiger partial charge in [-0.2, -0.15) is 0 Å². The lowest BCUT2D eigenvalue weighted by Crippen LogP contribution is -2.27. The Hall–Kier alpha value is -1.25. The molecule has 0 unspecified atom stereocenters. The lowest BCUT2D eigenvalue weighted by Gasteiger charge is -2.02. The van der Waals surface area contributed by atoms with Gasteiger partial charge < -0.3 is 11.1 Å². The number of nitrogens with one attached hydrogen (secondary N) is 1. The molecule has 2 aromatic rings. The summed E-state index contributed by atoms with van der Waals surface area (Å²) >= 11 is 4.97. The first-order valence-corrected chi connectivity index (χ1v) is 6.88. The summed E-state index contributed by atoms with van der Waals surface area (Å²) in [5, 5.41) is 10.4. The Morgan fingerprint density at radius 2 is 2.39 bits per heavy atom. The molecule has 96 valence electrons. The Labute approximate surface area is 116 Å². The van der Waals surface area contributed by atoms with E-state index in [-0.39, 0.29) is 12.5 Å². The van der Waals surface area contributed by atoms with Gasteiger partial charge in [-0.05, 0) is 28.1 Å². The molecule has 0 aromatic carbocycles. The summed E-state index contributed by atoms with van der Waals surface area (Å²) in [5.74, 6) is -0.104. The molecular formula is C10H12BrN5OS. The van der Waals surface area contributed by atoms with Crippen LogP contribution in [-0.4, -0.2) is 20.9 Å². The SMILES string of the molecule is NCc1cn(CC(=O)NCc2ccc(Br)s2)nn1. The van der Waals surface area contributed by atoms with Crippen LogP contribution in [0.2, 0.25) is 0 Å². The Morgan fingerprint density at radius 1 is 1.56 bits per heavy atom. The number of nitrogens with zero attached hydrogens (tertiary/aromatic N) is 3. The van der Waals surface area contributed by atoms with Gasteiger partial charge in [-0.1, -0.05) is 5.21 Å². The molecule has 0 saturated carbocycles. The first-order chi connectivity index (χ1) is 8.67. The number of aromatic nitrogens is 3. The van der Waals surface area contributed by atoms with Gasteiger partial charge in [0.1, 0.15) is 6.54 Å². The van der Waals surface area contributed by atoms with E-state index in [2.05, 4.69) is 31.6 Å². The van der Waals surface area contributed by atoms with Crippen LogP contribution in [0, 0.1) is 0 Å². The van der Waals surface area contributed by atoms with Crippen LogP contribution in [0.3, 0.4) is 0 Å². The van der Waals surface area contributed by atoms with Crippen molar-refractivity contribution in [3.63, 3.8) is 0 Å². The molecule has 0 aliphatic rings. The Kier molecular flexibility index (Phi) is 4.45. The third-order valence-electron chi connectivity index (χ3n) is 2.19. The van der Waals surface area contributed by atoms with E-state index in [9.17, 15) is 4.79 Å². The van der Waals surface area contributed by atoms with Crippen molar-refractivity contribution in [3.8, 4) is 0 Å². The lowest BCUT2D eigenvalue weighted by atomic mass is 10.4. The molecule has 6 nitrogen and oxygen atoms in total. The summed E-state index contributed by atoms with van der Waals surface area (Å²) in [7, 11) is 0. The molecule has 2 heterocycles. The number of carbonyl (C=O) groups is 1. The summed E-state index contributed by atoms with van der Waals surface area (Å²) in [5.41, 5.74) is 6.08. The Bertz CT molecular complexity index is 538. The molecule has 18 heavy (non-hydrogen) atoms. The van der Waals surface area contributed by atoms with Crippen LogP contribution in [0.1, 0.15) is 10.6 Å². The molecular weight excluding hydrogens is 318 g/mol. The largest absolute Gasteiger partial charge is 0.350 e. The van der Waals surface area contributed by atoms with Crippen molar-refractivity contribution in [1.82, 2.24) is 20.3 Å². The summed E-state index contributed by atoms with van der Waals surface area (Å²) in [6.07, 6.45) is 1.67. The van der Waals surface area contributed by atoms with Crippen molar-refractivity contribution in [2.24, 2.45) is 5.73 Å². The van der Waals surface area contributed by atoms with Gasteiger partial charge in [0, 0.05) is 11.4 Å². The number of amides is 1. The maximum atomic E-state index is 11.7. The fraction of sp³-hybridized carbons (Fsp3) is 0.300. The zero-order chi connectivity index (χ0) is 13.0. The smallest absolute Gasteiger partial charge is 0.242 e. The average Bonchev–Trinajstić information content (AvgIpc) is 2.95. The second-order valence-electron chi connectivity index (χ2n) is 3.59. The number of carbonyl (C=O) groups excluding carboxylic acids is 1. The van der Waals surface area contributed by atoms with E-state index in [4.69, 9.17) is 5.73 Å². The van der Waals surface area contributed by atoms with E-state index in [1.807, 2.05) is 12.1 Å². The molecule has 2 rings (SSSR count). The van der Waals surface area contributed by atoms with E-state index >= 15 is 0 Å². The van der Waals surface area contributed by atoms with Crippen molar-refractivity contribution in [2.45, 2.75) is 19.6 Å². The molecule has 0 aliphatic heterocycles. The van der Waals surface area contributed by atoms with Crippen molar-refractivity contribution < 1.29 is 4.79 Å². The Balaban J connectivity index is 1.81. The Morgan fingerprint density at radius 3 is 3.00 bits per heavy atom. The van der Waals surface area contributed by atoms with Crippen LogP contribution in [0.25, 0.3) is 0 Å². The maximum absolute atomic E-state index is 11.7. The quantitative estimate of drug-likeness (QED) is 0.852. The van der Waals surface area contributed by atoms with E-state index in [1.54, 1.807) is 17.5 Å². The number of nitrogens with two attached hydrogens (primary N) is 1. The molecule has 0 spiro atoms. The lowest BCUT2D eigenvalue weighted by molar-refractivity contribution is -0.122. The maximum Gasteiger partial charge on any atom is 0.242 e. The second kappa shape index (κ2) is 6.07. The highest BCUT2D eigenvalue weighted by atomic mass is 79.9. The predicted molar refractivity (Wildman–Crippen MR) is 71.8 cm³/mol. The summed E-state index contributed by atoms with van der Waals surface area (Å²) in [6.45, 7) is 0.998. The standard InChI is InChI=1S/C10H12BrN5OS/c11-9-2-1-8(18-9)4-13-10(17)6-16-5-7(3-12)14-15-16/h1-2,5H,3-4,6,12H2,(H,13,17). The normalized spacial score (nSPS) is 10.6. The van der Waals surface area contributed by atoms with Gasteiger partial charge in [-0.15, -0.1) is 16.4 Å². The van der Waals surface area contributed by atoms with Gasteiger partial charge in [-0.25, -0.2) is 4.68 Å². The molecule has 0 atom stereocenters. The third kappa shape index (κ3) is 3.62. The van der Waals surface area contributed by atoms with Gasteiger partial charge in [-0.3, -0.25) is 4.79 Å². The molecule has 8 heteroatoms. The second-order valence-corrected chi connectivity index (χ2v) is 6.14. The first kappa shape index (κ1) is 13.2. The monoisotopic (exact) mass is 329 g/mol. The van der Waals surface area contributed by atoms with Gasteiger partial charge in [0.05, 0.1) is 22.2 Å². The zero-order valence-electron chi connectivity index (χ0n) is 9.47. The first-order valence-electron chi connectivity index (χ1n) is 5.27. The van der Waals surface area contributed by atoms with Crippen molar-refractivity contribution in [2.75, 3.05) is 0 Å². The van der Waals surface area contributed by atoms with E-state index in [1.165, 1.54) is 4.68 Å². The van der Waals surface area contributed by atoms with E-state index in [0.717, 1.165) is 8.66 Å². The van der Waals surface area contributed by atoms with Gasteiger partial charge in [0.25, 0.3) is 0 Å². The average molecular weight is 330 g/mol. The number of thiophene rings is 1. The third-order valence-corrected chi connectivity index (χ3v) is 3.81. The van der Waals surface area contributed by atoms with Crippen molar-refractivity contribution in [3.05, 3.63) is 32.7 Å². The topological polar surface area (TPSA) is 85.8 Å². The highest BCUT2D eigenvalue weighted by Crippen LogP contribution is 2.21. The van der Waals surface area contributed by atoms with Crippen LogP contribution in [-0.2, 0) is 24.4 Å². The van der Waals surface area contributed by atoms with E-state index in [0.29, 0.717) is 18.8 Å².